The number of ether oxygens (including phenoxy) is 2. The molecule has 8 heteroatoms. The second-order valence-electron chi connectivity index (χ2n) is 5.97. The van der Waals surface area contributed by atoms with Gasteiger partial charge in [0.1, 0.15) is 22.1 Å². The highest BCUT2D eigenvalue weighted by molar-refractivity contribution is 7.20. The molecule has 0 bridgehead atoms. The Morgan fingerprint density at radius 2 is 2.12 bits per heavy atom. The third-order valence-electron chi connectivity index (χ3n) is 3.87. The molecule has 0 aromatic carbocycles. The zero-order valence-electron chi connectivity index (χ0n) is 15.2. The number of rotatable bonds is 9. The summed E-state index contributed by atoms with van der Waals surface area (Å²) in [6.45, 7) is 5.91. The van der Waals surface area contributed by atoms with Crippen LogP contribution in [0, 0.1) is 6.92 Å². The monoisotopic (exact) mass is 367 g/mol. The molecule has 2 aromatic rings. The molecule has 25 heavy (non-hydrogen) atoms. The number of carbonyl (C=O) groups excluding carboxylic acids is 1. The van der Waals surface area contributed by atoms with E-state index in [1.165, 1.54) is 11.3 Å². The fourth-order valence-corrected chi connectivity index (χ4v) is 3.60. The number of aromatic nitrogens is 2. The number of thiophene rings is 1. The molecule has 0 unspecified atom stereocenters. The number of esters is 1. The molecular formula is C17H25N3O4S. The second kappa shape index (κ2) is 9.07. The number of aromatic amines is 1. The minimum atomic E-state index is -0.446. The van der Waals surface area contributed by atoms with Gasteiger partial charge in [0.2, 0.25) is 0 Å². The van der Waals surface area contributed by atoms with E-state index in [0.29, 0.717) is 39.6 Å². The highest BCUT2D eigenvalue weighted by Crippen LogP contribution is 2.27. The van der Waals surface area contributed by atoms with Gasteiger partial charge >= 0.3 is 5.97 Å². The van der Waals surface area contributed by atoms with Gasteiger partial charge in [-0.25, -0.2) is 9.78 Å². The maximum atomic E-state index is 12.4. The van der Waals surface area contributed by atoms with Crippen molar-refractivity contribution in [1.29, 1.82) is 0 Å². The molecule has 0 spiro atoms. The maximum absolute atomic E-state index is 12.4. The number of H-pyrrole nitrogens is 1. The van der Waals surface area contributed by atoms with Crippen molar-refractivity contribution >= 4 is 27.5 Å². The van der Waals surface area contributed by atoms with E-state index in [2.05, 4.69) is 21.8 Å². The van der Waals surface area contributed by atoms with Crippen LogP contribution in [0.3, 0.4) is 0 Å². The van der Waals surface area contributed by atoms with E-state index in [4.69, 9.17) is 9.47 Å². The first-order valence-corrected chi connectivity index (χ1v) is 9.16. The largest absolute Gasteiger partial charge is 0.459 e. The van der Waals surface area contributed by atoms with Crippen molar-refractivity contribution in [3.8, 4) is 0 Å². The number of hydrogen-bond acceptors (Lipinski definition) is 7. The third kappa shape index (κ3) is 4.87. The smallest absolute Gasteiger partial charge is 0.348 e. The Morgan fingerprint density at radius 1 is 1.36 bits per heavy atom. The standard InChI is InChI=1S/C17H25N3O4S/c1-5-6-7-20(3)10-12-18-15(21)13-11(2)14(25-16(13)19-12)17(22)24-9-8-23-4/h5-10H2,1-4H3,(H,18,19,21). The molecular weight excluding hydrogens is 342 g/mol. The third-order valence-corrected chi connectivity index (χ3v) is 5.03. The molecule has 0 atom stereocenters. The van der Waals surface area contributed by atoms with E-state index < -0.39 is 5.97 Å². The van der Waals surface area contributed by atoms with Crippen LogP contribution in [0.1, 0.15) is 40.8 Å². The second-order valence-corrected chi connectivity index (χ2v) is 6.97. The Hall–Kier alpha value is -1.77. The van der Waals surface area contributed by atoms with Gasteiger partial charge in [-0.2, -0.15) is 0 Å². The van der Waals surface area contributed by atoms with Gasteiger partial charge in [-0.1, -0.05) is 13.3 Å². The van der Waals surface area contributed by atoms with Gasteiger partial charge in [-0.3, -0.25) is 9.69 Å². The molecule has 0 radical (unpaired) electrons. The van der Waals surface area contributed by atoms with Crippen LogP contribution in [-0.2, 0) is 16.0 Å². The molecule has 2 rings (SSSR count). The molecule has 0 amide bonds. The van der Waals surface area contributed by atoms with Crippen molar-refractivity contribution < 1.29 is 14.3 Å². The molecule has 0 aliphatic carbocycles. The minimum Gasteiger partial charge on any atom is -0.459 e. The molecule has 0 aliphatic heterocycles. The summed E-state index contributed by atoms with van der Waals surface area (Å²) in [7, 11) is 3.54. The SMILES string of the molecule is CCCCN(C)Cc1nc2sc(C(=O)OCCOC)c(C)c2c(=O)[nH]1. The number of hydrogen-bond donors (Lipinski definition) is 1. The Labute approximate surface area is 151 Å². The van der Waals surface area contributed by atoms with Gasteiger partial charge in [0.25, 0.3) is 5.56 Å². The summed E-state index contributed by atoms with van der Waals surface area (Å²) >= 11 is 1.20. The van der Waals surface area contributed by atoms with Gasteiger partial charge in [-0.15, -0.1) is 11.3 Å². The maximum Gasteiger partial charge on any atom is 0.348 e. The number of fused-ring (bicyclic) bond motifs is 1. The van der Waals surface area contributed by atoms with Crippen LogP contribution >= 0.6 is 11.3 Å². The molecule has 0 aliphatic rings. The average molecular weight is 367 g/mol. The first-order chi connectivity index (χ1) is 12.0. The lowest BCUT2D eigenvalue weighted by atomic mass is 10.2. The van der Waals surface area contributed by atoms with Crippen LogP contribution in [0.25, 0.3) is 10.2 Å². The molecule has 0 fully saturated rings. The van der Waals surface area contributed by atoms with Crippen molar-refractivity contribution in [2.45, 2.75) is 33.2 Å². The fraction of sp³-hybridized carbons (Fsp3) is 0.588. The summed E-state index contributed by atoms with van der Waals surface area (Å²) in [6, 6.07) is 0. The zero-order valence-corrected chi connectivity index (χ0v) is 16.0. The van der Waals surface area contributed by atoms with Crippen molar-refractivity contribution in [3.63, 3.8) is 0 Å². The number of unbranched alkanes of at least 4 members (excludes halogenated alkanes) is 1. The van der Waals surface area contributed by atoms with Gasteiger partial charge in [-0.05, 0) is 32.5 Å². The summed E-state index contributed by atoms with van der Waals surface area (Å²) < 4.78 is 10.0. The van der Waals surface area contributed by atoms with Crippen molar-refractivity contribution in [2.75, 3.05) is 33.9 Å². The highest BCUT2D eigenvalue weighted by Gasteiger charge is 2.20. The number of carbonyl (C=O) groups is 1. The Balaban J connectivity index is 2.25. The van der Waals surface area contributed by atoms with E-state index in [1.807, 2.05) is 7.05 Å². The van der Waals surface area contributed by atoms with E-state index >= 15 is 0 Å². The predicted octanol–water partition coefficient (Wildman–Crippen LogP) is 2.33. The summed E-state index contributed by atoms with van der Waals surface area (Å²) in [6.07, 6.45) is 2.21. The van der Waals surface area contributed by atoms with Gasteiger partial charge in [0.15, 0.2) is 0 Å². The first kappa shape index (κ1) is 19.6. The van der Waals surface area contributed by atoms with Crippen molar-refractivity contribution in [2.24, 2.45) is 0 Å². The number of methoxy groups -OCH3 is 1. The van der Waals surface area contributed by atoms with Crippen molar-refractivity contribution in [3.05, 3.63) is 26.6 Å². The topological polar surface area (TPSA) is 84.5 Å². The summed E-state index contributed by atoms with van der Waals surface area (Å²) in [5.74, 6) is 0.162. The first-order valence-electron chi connectivity index (χ1n) is 8.34. The van der Waals surface area contributed by atoms with Crippen LogP contribution in [-0.4, -0.2) is 54.8 Å². The van der Waals surface area contributed by atoms with Crippen LogP contribution < -0.4 is 5.56 Å². The molecule has 2 aromatic heterocycles. The minimum absolute atomic E-state index is 0.181. The quantitative estimate of drug-likeness (QED) is 0.541. The van der Waals surface area contributed by atoms with E-state index in [0.717, 1.165) is 19.4 Å². The molecule has 0 saturated heterocycles. The van der Waals surface area contributed by atoms with Crippen LogP contribution in [0.15, 0.2) is 4.79 Å². The number of aryl methyl sites for hydroxylation is 1. The van der Waals surface area contributed by atoms with E-state index in [-0.39, 0.29) is 12.2 Å². The zero-order chi connectivity index (χ0) is 18.4. The predicted molar refractivity (Wildman–Crippen MR) is 98.4 cm³/mol. The average Bonchev–Trinajstić information content (AvgIpc) is 2.90. The van der Waals surface area contributed by atoms with Gasteiger partial charge in [0, 0.05) is 7.11 Å². The summed E-state index contributed by atoms with van der Waals surface area (Å²) in [5, 5.41) is 0.462. The van der Waals surface area contributed by atoms with Crippen LogP contribution in [0.2, 0.25) is 0 Å². The van der Waals surface area contributed by atoms with Crippen LogP contribution in [0.4, 0.5) is 0 Å². The summed E-state index contributed by atoms with van der Waals surface area (Å²) in [4.78, 5) is 35.1. The number of nitrogens with zero attached hydrogens (tertiary/aromatic N) is 2. The highest BCUT2D eigenvalue weighted by atomic mass is 32.1. The van der Waals surface area contributed by atoms with E-state index in [9.17, 15) is 9.59 Å². The lowest BCUT2D eigenvalue weighted by Crippen LogP contribution is -2.22. The van der Waals surface area contributed by atoms with Gasteiger partial charge < -0.3 is 14.5 Å². The van der Waals surface area contributed by atoms with Crippen molar-refractivity contribution in [1.82, 2.24) is 14.9 Å². The number of nitrogens with one attached hydrogen (secondary N) is 1. The Bertz CT molecular complexity index is 784. The molecule has 138 valence electrons. The van der Waals surface area contributed by atoms with Gasteiger partial charge in [0.05, 0.1) is 18.5 Å². The molecule has 2 heterocycles. The molecule has 7 nitrogen and oxygen atoms in total. The summed E-state index contributed by atoms with van der Waals surface area (Å²) in [5.41, 5.74) is 0.399. The van der Waals surface area contributed by atoms with E-state index in [1.54, 1.807) is 14.0 Å². The normalized spacial score (nSPS) is 11.4. The lowest BCUT2D eigenvalue weighted by molar-refractivity contribution is 0.0393. The molecule has 0 saturated carbocycles. The lowest BCUT2D eigenvalue weighted by Gasteiger charge is -2.14. The van der Waals surface area contributed by atoms with Crippen LogP contribution in [0.5, 0.6) is 0 Å². The molecule has 1 N–H and O–H groups in total. The Morgan fingerprint density at radius 3 is 2.80 bits per heavy atom. The Kier molecular flexibility index (Phi) is 7.10. The fourth-order valence-electron chi connectivity index (χ4n) is 2.50.